The second-order valence-electron chi connectivity index (χ2n) is 3.14. The number of hydrogen-bond acceptors (Lipinski definition) is 4. The molecule has 0 aromatic rings. The third-order valence-electron chi connectivity index (χ3n) is 2.55. The van der Waals surface area contributed by atoms with E-state index in [-0.39, 0.29) is 12.8 Å². The van der Waals surface area contributed by atoms with Crippen LogP contribution in [-0.4, -0.2) is 20.6 Å². The van der Waals surface area contributed by atoms with Gasteiger partial charge in [-0.15, -0.1) is 0 Å². The lowest BCUT2D eigenvalue weighted by molar-refractivity contribution is -0.118. The van der Waals surface area contributed by atoms with E-state index in [1.807, 2.05) is 0 Å². The van der Waals surface area contributed by atoms with Crippen LogP contribution in [0.1, 0.15) is 26.7 Å². The SMILES string of the molecule is CCC(CC)(C(N)(O)Cl)C(N)(O)Cl. The van der Waals surface area contributed by atoms with Crippen LogP contribution in [0.5, 0.6) is 0 Å². The van der Waals surface area contributed by atoms with E-state index in [1.54, 1.807) is 13.8 Å². The fraction of sp³-hybridized carbons (Fsp3) is 1.00. The minimum atomic E-state index is -2.14. The van der Waals surface area contributed by atoms with E-state index in [0.717, 1.165) is 0 Å². The molecule has 0 amide bonds. The molecule has 0 fully saturated rings. The average molecular weight is 231 g/mol. The maximum absolute atomic E-state index is 9.48. The maximum Gasteiger partial charge on any atom is 0.202 e. The molecule has 0 aliphatic carbocycles. The zero-order chi connectivity index (χ0) is 10.9. The third-order valence-corrected chi connectivity index (χ3v) is 3.27. The molecule has 0 aliphatic heterocycles. The summed E-state index contributed by atoms with van der Waals surface area (Å²) in [6.45, 7) is 3.37. The molecule has 0 aliphatic rings. The molecule has 0 aromatic heterocycles. The molecule has 2 atom stereocenters. The van der Waals surface area contributed by atoms with Crippen LogP contribution in [0, 0.1) is 5.41 Å². The summed E-state index contributed by atoms with van der Waals surface area (Å²) in [6.07, 6.45) is 0.521. The smallest absolute Gasteiger partial charge is 0.202 e. The van der Waals surface area contributed by atoms with E-state index < -0.39 is 15.8 Å². The Morgan fingerprint density at radius 1 is 1.00 bits per heavy atom. The molecule has 0 saturated carbocycles. The monoisotopic (exact) mass is 230 g/mol. The zero-order valence-electron chi connectivity index (χ0n) is 7.72. The fourth-order valence-electron chi connectivity index (χ4n) is 1.49. The molecule has 0 aromatic carbocycles. The second kappa shape index (κ2) is 3.88. The topological polar surface area (TPSA) is 92.5 Å². The Morgan fingerprint density at radius 3 is 1.23 bits per heavy atom. The Hall–Kier alpha value is 0.420. The van der Waals surface area contributed by atoms with Crippen molar-refractivity contribution in [2.24, 2.45) is 16.9 Å². The lowest BCUT2D eigenvalue weighted by atomic mass is 9.78. The molecule has 2 unspecified atom stereocenters. The molecule has 0 bridgehead atoms. The van der Waals surface area contributed by atoms with Gasteiger partial charge in [-0.25, -0.2) is 0 Å². The summed E-state index contributed by atoms with van der Waals surface area (Å²) in [5, 5.41) is 14.7. The first-order chi connectivity index (χ1) is 5.62. The normalized spacial score (nSPS) is 22.2. The average Bonchev–Trinajstić information content (AvgIpc) is 1.84. The molecule has 0 spiro atoms. The molecule has 0 radical (unpaired) electrons. The van der Waals surface area contributed by atoms with Crippen LogP contribution in [0.15, 0.2) is 0 Å². The highest BCUT2D eigenvalue weighted by molar-refractivity contribution is 6.26. The summed E-state index contributed by atoms with van der Waals surface area (Å²) >= 11 is 11.1. The largest absolute Gasteiger partial charge is 0.362 e. The van der Waals surface area contributed by atoms with Gasteiger partial charge in [0.05, 0.1) is 5.41 Å². The van der Waals surface area contributed by atoms with Gasteiger partial charge in [0, 0.05) is 0 Å². The first kappa shape index (κ1) is 13.4. The Labute approximate surface area is 87.8 Å². The lowest BCUT2D eigenvalue weighted by Crippen LogP contribution is -2.64. The van der Waals surface area contributed by atoms with E-state index in [2.05, 4.69) is 0 Å². The first-order valence-corrected chi connectivity index (χ1v) is 4.78. The molecular weight excluding hydrogens is 215 g/mol. The molecule has 6 N–H and O–H groups in total. The molecular formula is C7H16Cl2N2O2. The number of hydrogen-bond donors (Lipinski definition) is 4. The van der Waals surface area contributed by atoms with Crippen molar-refractivity contribution >= 4 is 23.2 Å². The Bertz CT molecular complexity index is 154. The number of nitrogens with two attached hydrogens (primary N) is 2. The molecule has 4 nitrogen and oxygen atoms in total. The van der Waals surface area contributed by atoms with Crippen molar-refractivity contribution in [3.8, 4) is 0 Å². The van der Waals surface area contributed by atoms with Crippen molar-refractivity contribution < 1.29 is 10.2 Å². The molecule has 80 valence electrons. The van der Waals surface area contributed by atoms with Gasteiger partial charge in [-0.3, -0.25) is 11.5 Å². The van der Waals surface area contributed by atoms with Gasteiger partial charge >= 0.3 is 0 Å². The van der Waals surface area contributed by atoms with Crippen LogP contribution in [0.2, 0.25) is 0 Å². The third kappa shape index (κ3) is 2.26. The van der Waals surface area contributed by atoms with Crippen molar-refractivity contribution in [1.82, 2.24) is 0 Å². The van der Waals surface area contributed by atoms with Gasteiger partial charge in [-0.2, -0.15) is 0 Å². The minimum Gasteiger partial charge on any atom is -0.362 e. The van der Waals surface area contributed by atoms with Crippen molar-refractivity contribution in [1.29, 1.82) is 0 Å². The quantitative estimate of drug-likeness (QED) is 0.321. The van der Waals surface area contributed by atoms with Crippen LogP contribution >= 0.6 is 23.2 Å². The highest BCUT2D eigenvalue weighted by Crippen LogP contribution is 2.46. The molecule has 0 rings (SSSR count). The van der Waals surface area contributed by atoms with Gasteiger partial charge in [0.15, 0.2) is 0 Å². The van der Waals surface area contributed by atoms with Crippen molar-refractivity contribution in [2.45, 2.75) is 37.1 Å². The van der Waals surface area contributed by atoms with Crippen molar-refractivity contribution in [2.75, 3.05) is 0 Å². The van der Waals surface area contributed by atoms with E-state index >= 15 is 0 Å². The first-order valence-electron chi connectivity index (χ1n) is 4.02. The predicted octanol–water partition coefficient (Wildman–Crippen LogP) is 0.480. The van der Waals surface area contributed by atoms with E-state index in [4.69, 9.17) is 34.7 Å². The van der Waals surface area contributed by atoms with Gasteiger partial charge in [-0.05, 0) is 12.8 Å². The number of alkyl halides is 2. The number of rotatable bonds is 4. The Kier molecular flexibility index (Phi) is 4.01. The summed E-state index contributed by atoms with van der Waals surface area (Å²) in [6, 6.07) is 0. The summed E-state index contributed by atoms with van der Waals surface area (Å²) in [5.74, 6) is 0. The number of halogens is 2. The van der Waals surface area contributed by atoms with Crippen LogP contribution in [0.25, 0.3) is 0 Å². The maximum atomic E-state index is 9.48. The second-order valence-corrected chi connectivity index (χ2v) is 4.29. The highest BCUT2D eigenvalue weighted by atomic mass is 35.5. The predicted molar refractivity (Wildman–Crippen MR) is 53.0 cm³/mol. The Morgan fingerprint density at radius 2 is 1.23 bits per heavy atom. The highest BCUT2D eigenvalue weighted by Gasteiger charge is 2.56. The van der Waals surface area contributed by atoms with Crippen molar-refractivity contribution in [3.63, 3.8) is 0 Å². The van der Waals surface area contributed by atoms with Crippen LogP contribution in [-0.2, 0) is 0 Å². The van der Waals surface area contributed by atoms with Crippen molar-refractivity contribution in [3.05, 3.63) is 0 Å². The summed E-state index contributed by atoms with van der Waals surface area (Å²) in [4.78, 5) is 0. The van der Waals surface area contributed by atoms with Gasteiger partial charge in [0.1, 0.15) is 0 Å². The molecule has 0 saturated heterocycles. The lowest BCUT2D eigenvalue weighted by Gasteiger charge is -2.45. The molecule has 6 heteroatoms. The molecule has 0 heterocycles. The number of aliphatic hydroxyl groups is 2. The zero-order valence-corrected chi connectivity index (χ0v) is 9.23. The summed E-state index contributed by atoms with van der Waals surface area (Å²) in [5.41, 5.74) is 9.29. The minimum absolute atomic E-state index is 0.260. The summed E-state index contributed by atoms with van der Waals surface area (Å²) < 4.78 is 0. The van der Waals surface area contributed by atoms with Crippen LogP contribution < -0.4 is 11.5 Å². The van der Waals surface area contributed by atoms with E-state index in [9.17, 15) is 10.2 Å². The fourth-order valence-corrected chi connectivity index (χ4v) is 2.36. The summed E-state index contributed by atoms with van der Waals surface area (Å²) in [7, 11) is 0. The molecule has 13 heavy (non-hydrogen) atoms. The van der Waals surface area contributed by atoms with Gasteiger partial charge in [0.2, 0.25) is 10.4 Å². The van der Waals surface area contributed by atoms with Crippen LogP contribution in [0.3, 0.4) is 0 Å². The van der Waals surface area contributed by atoms with Gasteiger partial charge < -0.3 is 10.2 Å². The van der Waals surface area contributed by atoms with Gasteiger partial charge in [-0.1, -0.05) is 37.0 Å². The van der Waals surface area contributed by atoms with E-state index in [0.29, 0.717) is 0 Å². The standard InChI is InChI=1S/C7H16Cl2N2O2/c1-3-5(4-2,6(8,10)12)7(9,11)13/h12-13H,3-4,10-11H2,1-2H3. The van der Waals surface area contributed by atoms with Gasteiger partial charge in [0.25, 0.3) is 0 Å². The Balaban J connectivity index is 5.17. The van der Waals surface area contributed by atoms with E-state index in [1.165, 1.54) is 0 Å². The van der Waals surface area contributed by atoms with Crippen LogP contribution in [0.4, 0.5) is 0 Å².